The second-order valence-corrected chi connectivity index (χ2v) is 5.29. The van der Waals surface area contributed by atoms with Crippen LogP contribution in [-0.2, 0) is 14.4 Å². The predicted octanol–water partition coefficient (Wildman–Crippen LogP) is 1.33. The van der Waals surface area contributed by atoms with E-state index in [1.807, 2.05) is 20.8 Å². The number of hydrazine groups is 1. The van der Waals surface area contributed by atoms with E-state index >= 15 is 0 Å². The van der Waals surface area contributed by atoms with E-state index in [1.54, 1.807) is 25.3 Å². The van der Waals surface area contributed by atoms with Gasteiger partial charge in [-0.05, 0) is 25.1 Å². The normalized spacial score (nSPS) is 15.8. The molecule has 0 spiro atoms. The molecule has 0 aliphatic carbocycles. The maximum atomic E-state index is 11.1. The Bertz CT molecular complexity index is 774. The van der Waals surface area contributed by atoms with Crippen molar-refractivity contribution in [2.45, 2.75) is 33.2 Å². The molecule has 158 valence electrons. The third kappa shape index (κ3) is 7.49. The van der Waals surface area contributed by atoms with Crippen LogP contribution in [0.25, 0.3) is 0 Å². The van der Waals surface area contributed by atoms with E-state index in [0.717, 1.165) is 0 Å². The van der Waals surface area contributed by atoms with E-state index in [-0.39, 0.29) is 23.9 Å². The fourth-order valence-electron chi connectivity index (χ4n) is 2.29. The molecule has 0 saturated carbocycles. The van der Waals surface area contributed by atoms with E-state index in [9.17, 15) is 19.5 Å². The lowest BCUT2D eigenvalue weighted by Gasteiger charge is -2.20. The fraction of sp³-hybridized carbons (Fsp3) is 0.300. The zero-order valence-corrected chi connectivity index (χ0v) is 17.2. The zero-order chi connectivity index (χ0) is 22.4. The Hall–Kier alpha value is -3.62. The number of nitrogens with zero attached hydrogens (tertiary/aromatic N) is 2. The molecule has 2 amide bonds. The second kappa shape index (κ2) is 13.5. The van der Waals surface area contributed by atoms with E-state index in [2.05, 4.69) is 22.3 Å². The van der Waals surface area contributed by atoms with Crippen molar-refractivity contribution in [1.82, 2.24) is 15.7 Å². The number of likely N-dealkylation sites (N-methyl/N-ethyl adjacent to an activating group) is 1. The minimum Gasteiger partial charge on any atom is -0.504 e. The number of anilines is 1. The molecule has 1 unspecified atom stereocenters. The van der Waals surface area contributed by atoms with Gasteiger partial charge in [0.25, 0.3) is 5.91 Å². The number of hydrogen-bond acceptors (Lipinski definition) is 7. The lowest BCUT2D eigenvalue weighted by Crippen LogP contribution is -2.39. The lowest BCUT2D eigenvalue weighted by atomic mass is 10.1. The zero-order valence-electron chi connectivity index (χ0n) is 17.2. The summed E-state index contributed by atoms with van der Waals surface area (Å²) >= 11 is 0. The highest BCUT2D eigenvalue weighted by molar-refractivity contribution is 5.96. The largest absolute Gasteiger partial charge is 0.504 e. The van der Waals surface area contributed by atoms with Crippen LogP contribution in [0.4, 0.5) is 5.82 Å². The van der Waals surface area contributed by atoms with Crippen LogP contribution in [0.5, 0.6) is 5.75 Å². The van der Waals surface area contributed by atoms with E-state index in [4.69, 9.17) is 5.73 Å². The van der Waals surface area contributed by atoms with Gasteiger partial charge >= 0.3 is 0 Å². The van der Waals surface area contributed by atoms with Crippen LogP contribution in [-0.4, -0.2) is 41.3 Å². The van der Waals surface area contributed by atoms with Crippen LogP contribution in [0.3, 0.4) is 0 Å². The number of aldehydes is 1. The third-order valence-corrected chi connectivity index (χ3v) is 3.52. The van der Waals surface area contributed by atoms with Crippen LogP contribution in [0.15, 0.2) is 54.4 Å². The van der Waals surface area contributed by atoms with Gasteiger partial charge in [-0.1, -0.05) is 32.6 Å². The van der Waals surface area contributed by atoms with Crippen molar-refractivity contribution >= 4 is 23.9 Å². The van der Waals surface area contributed by atoms with Crippen LogP contribution < -0.4 is 21.5 Å². The SMILES string of the molecule is C=C/C=C(C(N)=O)\C(=C/C)NC.CC.O=CC1CC(=O)NN1c1ncccc1O. The summed E-state index contributed by atoms with van der Waals surface area (Å²) in [6, 6.07) is 2.39. The van der Waals surface area contributed by atoms with Crippen molar-refractivity contribution in [2.24, 2.45) is 5.73 Å². The van der Waals surface area contributed by atoms with Crippen LogP contribution in [0, 0.1) is 0 Å². The molecule has 0 radical (unpaired) electrons. The van der Waals surface area contributed by atoms with Gasteiger partial charge in [0, 0.05) is 18.9 Å². The van der Waals surface area contributed by atoms with Crippen molar-refractivity contribution in [1.29, 1.82) is 0 Å². The number of carbonyl (C=O) groups excluding carboxylic acids is 3. The first-order valence-corrected chi connectivity index (χ1v) is 9.04. The molecule has 1 atom stereocenters. The summed E-state index contributed by atoms with van der Waals surface area (Å²) in [4.78, 5) is 36.6. The van der Waals surface area contributed by atoms with E-state index in [1.165, 1.54) is 23.3 Å². The van der Waals surface area contributed by atoms with Crippen molar-refractivity contribution in [3.8, 4) is 5.75 Å². The van der Waals surface area contributed by atoms with Crippen molar-refractivity contribution in [3.05, 3.63) is 54.4 Å². The molecule has 1 aromatic rings. The second-order valence-electron chi connectivity index (χ2n) is 5.29. The van der Waals surface area contributed by atoms with Gasteiger partial charge in [0.2, 0.25) is 5.91 Å². The van der Waals surface area contributed by atoms with Gasteiger partial charge in [-0.2, -0.15) is 0 Å². The molecular weight excluding hydrogens is 374 g/mol. The minimum absolute atomic E-state index is 0.0773. The molecule has 29 heavy (non-hydrogen) atoms. The van der Waals surface area contributed by atoms with Gasteiger partial charge in [0.15, 0.2) is 11.6 Å². The summed E-state index contributed by atoms with van der Waals surface area (Å²) in [5.74, 6) is -0.624. The van der Waals surface area contributed by atoms with Crippen LogP contribution in [0.2, 0.25) is 0 Å². The Morgan fingerprint density at radius 2 is 2.14 bits per heavy atom. The molecule has 1 aromatic heterocycles. The number of allylic oxidation sites excluding steroid dienone is 3. The van der Waals surface area contributed by atoms with Crippen molar-refractivity contribution in [3.63, 3.8) is 0 Å². The summed E-state index contributed by atoms with van der Waals surface area (Å²) in [6.07, 6.45) is 7.09. The van der Waals surface area contributed by atoms with Gasteiger partial charge in [-0.25, -0.2) is 4.98 Å². The number of pyridine rings is 1. The van der Waals surface area contributed by atoms with Gasteiger partial charge in [-0.15, -0.1) is 0 Å². The highest BCUT2D eigenvalue weighted by atomic mass is 16.3. The molecule has 1 aliphatic heterocycles. The first-order valence-electron chi connectivity index (χ1n) is 9.04. The molecule has 1 aliphatic rings. The highest BCUT2D eigenvalue weighted by Crippen LogP contribution is 2.26. The molecule has 2 rings (SSSR count). The Labute approximate surface area is 171 Å². The predicted molar refractivity (Wildman–Crippen MR) is 113 cm³/mol. The number of hydrogen-bond donors (Lipinski definition) is 4. The average molecular weight is 403 g/mol. The van der Waals surface area contributed by atoms with Crippen LogP contribution in [0.1, 0.15) is 27.2 Å². The summed E-state index contributed by atoms with van der Waals surface area (Å²) in [7, 11) is 1.73. The molecular formula is C20H29N5O4. The lowest BCUT2D eigenvalue weighted by molar-refractivity contribution is -0.120. The molecule has 1 fully saturated rings. The standard InChI is InChI=1S/C9H9N3O3.C9H14N2O.C2H6/c13-5-6-4-8(15)11-12(6)9-7(14)2-1-3-10-9;1-4-6-7(9(10)12)8(5-2)11-3;1-2/h1-3,5-6,14H,4H2,(H,11,15);4-6,11H,1H2,2-3H3,(H2,10,12);1-2H3/b;7-6+,8-5+;. The first kappa shape index (κ1) is 25.4. The fourth-order valence-corrected chi connectivity index (χ4v) is 2.29. The molecule has 1 saturated heterocycles. The smallest absolute Gasteiger partial charge is 0.250 e. The minimum atomic E-state index is -0.613. The van der Waals surface area contributed by atoms with Gasteiger partial charge in [0.1, 0.15) is 12.3 Å². The number of carbonyl (C=O) groups is 3. The highest BCUT2D eigenvalue weighted by Gasteiger charge is 2.32. The van der Waals surface area contributed by atoms with Crippen molar-refractivity contribution < 1.29 is 19.5 Å². The van der Waals surface area contributed by atoms with E-state index < -0.39 is 11.9 Å². The quantitative estimate of drug-likeness (QED) is 0.319. The molecule has 9 nitrogen and oxygen atoms in total. The number of aromatic hydroxyl groups is 1. The van der Waals surface area contributed by atoms with Gasteiger partial charge < -0.3 is 21.0 Å². The molecule has 0 aromatic carbocycles. The van der Waals surface area contributed by atoms with Gasteiger partial charge in [-0.3, -0.25) is 20.0 Å². The molecule has 9 heteroatoms. The molecule has 5 N–H and O–H groups in total. The first-order chi connectivity index (χ1) is 13.9. The Balaban J connectivity index is 0.000000512. The Morgan fingerprint density at radius 1 is 1.48 bits per heavy atom. The summed E-state index contributed by atoms with van der Waals surface area (Å²) in [6.45, 7) is 9.32. The molecule has 0 bridgehead atoms. The summed E-state index contributed by atoms with van der Waals surface area (Å²) in [5, 5.41) is 13.6. The number of aromatic nitrogens is 1. The molecule has 2 heterocycles. The third-order valence-electron chi connectivity index (χ3n) is 3.52. The summed E-state index contributed by atoms with van der Waals surface area (Å²) < 4.78 is 0. The Morgan fingerprint density at radius 3 is 2.59 bits per heavy atom. The summed E-state index contributed by atoms with van der Waals surface area (Å²) in [5.41, 5.74) is 8.74. The number of primary amides is 1. The Kier molecular flexibility index (Phi) is 11.8. The average Bonchev–Trinajstić information content (AvgIpc) is 3.11. The van der Waals surface area contributed by atoms with E-state index in [0.29, 0.717) is 17.6 Å². The van der Waals surface area contributed by atoms with Crippen LogP contribution >= 0.6 is 0 Å². The number of rotatable bonds is 6. The number of nitrogens with two attached hydrogens (primary N) is 1. The maximum Gasteiger partial charge on any atom is 0.250 e. The van der Waals surface area contributed by atoms with Crippen molar-refractivity contribution in [2.75, 3.05) is 12.1 Å². The number of amides is 2. The van der Waals surface area contributed by atoms with Gasteiger partial charge in [0.05, 0.1) is 12.0 Å². The number of nitrogens with one attached hydrogen (secondary N) is 2. The topological polar surface area (TPSA) is 138 Å². The maximum absolute atomic E-state index is 11.1. The monoisotopic (exact) mass is 403 g/mol.